The van der Waals surface area contributed by atoms with Crippen molar-refractivity contribution in [3.63, 3.8) is 0 Å². The summed E-state index contributed by atoms with van der Waals surface area (Å²) in [7, 11) is 1.24. The summed E-state index contributed by atoms with van der Waals surface area (Å²) in [5, 5.41) is 19.0. The van der Waals surface area contributed by atoms with Crippen molar-refractivity contribution in [1.29, 1.82) is 0 Å². The highest BCUT2D eigenvalue weighted by atomic mass is 16.6. The minimum atomic E-state index is -2.04. The maximum atomic E-state index is 11.8. The van der Waals surface area contributed by atoms with Crippen molar-refractivity contribution in [1.82, 2.24) is 0 Å². The molecule has 0 aliphatic rings. The van der Waals surface area contributed by atoms with Crippen molar-refractivity contribution in [3.05, 3.63) is 35.4 Å². The van der Waals surface area contributed by atoms with Crippen LogP contribution in [0.2, 0.25) is 0 Å². The molecule has 0 heterocycles. The smallest absolute Gasteiger partial charge is 0.338 e. The van der Waals surface area contributed by atoms with Gasteiger partial charge in [0.25, 0.3) is 0 Å². The van der Waals surface area contributed by atoms with Crippen LogP contribution in [0.1, 0.15) is 40.5 Å². The number of esters is 2. The molecule has 0 bridgehead atoms. The molecule has 0 saturated heterocycles. The number of aliphatic hydroxyl groups is 2. The number of carbonyl (C=O) groups excluding carboxylic acids is 2. The van der Waals surface area contributed by atoms with Crippen LogP contribution in [0.3, 0.4) is 0 Å². The summed E-state index contributed by atoms with van der Waals surface area (Å²) in [6.45, 7) is 1.25. The second-order valence-electron chi connectivity index (χ2n) is 4.38. The molecule has 6 heteroatoms. The zero-order valence-corrected chi connectivity index (χ0v) is 11.5. The molecular formula is C14H18O6. The van der Waals surface area contributed by atoms with Gasteiger partial charge in [-0.15, -0.1) is 0 Å². The fourth-order valence-corrected chi connectivity index (χ4v) is 1.63. The molecular weight excluding hydrogens is 264 g/mol. The third-order valence-electron chi connectivity index (χ3n) is 2.60. The molecule has 0 amide bonds. The van der Waals surface area contributed by atoms with Crippen molar-refractivity contribution in [3.8, 4) is 0 Å². The molecule has 20 heavy (non-hydrogen) atoms. The summed E-state index contributed by atoms with van der Waals surface area (Å²) in [6.07, 6.45) is 0.644. The highest BCUT2D eigenvalue weighted by Gasteiger charge is 2.24. The van der Waals surface area contributed by atoms with Gasteiger partial charge in [0, 0.05) is 6.42 Å². The maximum Gasteiger partial charge on any atom is 0.338 e. The molecule has 0 aromatic heterocycles. The Bertz CT molecular complexity index is 480. The third-order valence-corrected chi connectivity index (χ3v) is 2.60. The Balaban J connectivity index is 2.71. The van der Waals surface area contributed by atoms with E-state index < -0.39 is 24.3 Å². The first-order chi connectivity index (χ1) is 9.39. The van der Waals surface area contributed by atoms with E-state index in [1.165, 1.54) is 31.4 Å². The van der Waals surface area contributed by atoms with E-state index in [2.05, 4.69) is 4.74 Å². The number of ether oxygens (including phenoxy) is 2. The minimum Gasteiger partial charge on any atom is -0.465 e. The number of methoxy groups -OCH3 is 1. The molecule has 110 valence electrons. The fourth-order valence-electron chi connectivity index (χ4n) is 1.63. The molecule has 0 saturated carbocycles. The number of hydrogen-bond acceptors (Lipinski definition) is 6. The van der Waals surface area contributed by atoms with Gasteiger partial charge in [0.15, 0.2) is 5.79 Å². The number of benzene rings is 1. The second kappa shape index (κ2) is 7.02. The van der Waals surface area contributed by atoms with E-state index in [0.29, 0.717) is 6.42 Å². The molecule has 0 spiro atoms. The number of carbonyl (C=O) groups is 2. The van der Waals surface area contributed by atoms with Crippen molar-refractivity contribution < 1.29 is 29.3 Å². The summed E-state index contributed by atoms with van der Waals surface area (Å²) in [4.78, 5) is 23.1. The standard InChI is InChI=1S/C14H18O6/c1-3-7-14(17,18)9-20-13(16)11-6-4-5-10(8-11)12(15)19-2/h4-6,8,17-18H,3,7,9H2,1-2H3. The van der Waals surface area contributed by atoms with Crippen LogP contribution in [0.4, 0.5) is 0 Å². The fraction of sp³-hybridized carbons (Fsp3) is 0.429. The first-order valence-corrected chi connectivity index (χ1v) is 6.20. The Hall–Kier alpha value is -1.92. The van der Waals surface area contributed by atoms with E-state index in [1.807, 2.05) is 0 Å². The van der Waals surface area contributed by atoms with Gasteiger partial charge in [0.2, 0.25) is 0 Å². The van der Waals surface area contributed by atoms with Crippen molar-refractivity contribution >= 4 is 11.9 Å². The molecule has 0 fully saturated rings. The van der Waals surface area contributed by atoms with Gasteiger partial charge in [-0.25, -0.2) is 9.59 Å². The third kappa shape index (κ3) is 4.64. The molecule has 0 aliphatic carbocycles. The second-order valence-corrected chi connectivity index (χ2v) is 4.38. The lowest BCUT2D eigenvalue weighted by atomic mass is 10.1. The number of rotatable bonds is 6. The van der Waals surface area contributed by atoms with Gasteiger partial charge in [0.1, 0.15) is 6.61 Å². The van der Waals surface area contributed by atoms with E-state index >= 15 is 0 Å². The Kier molecular flexibility index (Phi) is 5.66. The lowest BCUT2D eigenvalue weighted by molar-refractivity contribution is -0.191. The molecule has 0 radical (unpaired) electrons. The van der Waals surface area contributed by atoms with Crippen LogP contribution >= 0.6 is 0 Å². The van der Waals surface area contributed by atoms with Gasteiger partial charge in [0.05, 0.1) is 18.2 Å². The quantitative estimate of drug-likeness (QED) is 0.599. The first-order valence-electron chi connectivity index (χ1n) is 6.20. The Labute approximate surface area is 116 Å². The highest BCUT2D eigenvalue weighted by molar-refractivity contribution is 5.95. The molecule has 1 aromatic carbocycles. The van der Waals surface area contributed by atoms with Gasteiger partial charge in [-0.2, -0.15) is 0 Å². The maximum absolute atomic E-state index is 11.8. The lowest BCUT2D eigenvalue weighted by Gasteiger charge is -2.20. The zero-order valence-electron chi connectivity index (χ0n) is 11.5. The van der Waals surface area contributed by atoms with Crippen LogP contribution in [0, 0.1) is 0 Å². The molecule has 2 N–H and O–H groups in total. The molecule has 0 aliphatic heterocycles. The van der Waals surface area contributed by atoms with E-state index in [1.54, 1.807) is 6.92 Å². The molecule has 6 nitrogen and oxygen atoms in total. The Morgan fingerprint density at radius 3 is 2.35 bits per heavy atom. The van der Waals surface area contributed by atoms with Crippen LogP contribution < -0.4 is 0 Å². The monoisotopic (exact) mass is 282 g/mol. The van der Waals surface area contributed by atoms with Crippen LogP contribution in [-0.2, 0) is 9.47 Å². The summed E-state index contributed by atoms with van der Waals surface area (Å²) in [5.41, 5.74) is 0.356. The van der Waals surface area contributed by atoms with Crippen LogP contribution in [0.25, 0.3) is 0 Å². The minimum absolute atomic E-state index is 0.0997. The van der Waals surface area contributed by atoms with Crippen molar-refractivity contribution in [2.24, 2.45) is 0 Å². The molecule has 0 atom stereocenters. The summed E-state index contributed by atoms with van der Waals surface area (Å²) < 4.78 is 9.37. The van der Waals surface area contributed by atoms with E-state index in [4.69, 9.17) is 4.74 Å². The average Bonchev–Trinajstić information content (AvgIpc) is 2.44. The highest BCUT2D eigenvalue weighted by Crippen LogP contribution is 2.12. The van der Waals surface area contributed by atoms with Crippen LogP contribution in [-0.4, -0.2) is 41.7 Å². The van der Waals surface area contributed by atoms with E-state index in [9.17, 15) is 19.8 Å². The predicted molar refractivity (Wildman–Crippen MR) is 70.1 cm³/mol. The lowest BCUT2D eigenvalue weighted by Crippen LogP contribution is -2.35. The average molecular weight is 282 g/mol. The summed E-state index contributed by atoms with van der Waals surface area (Å²) >= 11 is 0. The summed E-state index contributed by atoms with van der Waals surface area (Å²) in [6, 6.07) is 5.80. The Morgan fingerprint density at radius 2 is 1.80 bits per heavy atom. The van der Waals surface area contributed by atoms with Crippen LogP contribution in [0.15, 0.2) is 24.3 Å². The molecule has 1 aromatic rings. The predicted octanol–water partition coefficient (Wildman–Crippen LogP) is 1.11. The van der Waals surface area contributed by atoms with E-state index in [0.717, 1.165) is 0 Å². The van der Waals surface area contributed by atoms with E-state index in [-0.39, 0.29) is 17.5 Å². The van der Waals surface area contributed by atoms with Crippen molar-refractivity contribution in [2.75, 3.05) is 13.7 Å². The molecule has 1 rings (SSSR count). The molecule has 0 unspecified atom stereocenters. The van der Waals surface area contributed by atoms with Gasteiger partial charge in [-0.05, 0) is 18.2 Å². The topological polar surface area (TPSA) is 93.1 Å². The first kappa shape index (κ1) is 16.1. The van der Waals surface area contributed by atoms with Gasteiger partial charge in [-0.3, -0.25) is 0 Å². The summed E-state index contributed by atoms with van der Waals surface area (Å²) in [5.74, 6) is -3.34. The van der Waals surface area contributed by atoms with Gasteiger partial charge in [-0.1, -0.05) is 19.4 Å². The largest absolute Gasteiger partial charge is 0.465 e. The normalized spacial score (nSPS) is 11.0. The van der Waals surface area contributed by atoms with Crippen molar-refractivity contribution in [2.45, 2.75) is 25.6 Å². The zero-order chi connectivity index (χ0) is 15.2. The van der Waals surface area contributed by atoms with Gasteiger partial charge < -0.3 is 19.7 Å². The van der Waals surface area contributed by atoms with Crippen LogP contribution in [0.5, 0.6) is 0 Å². The SMILES string of the molecule is CCCC(O)(O)COC(=O)c1cccc(C(=O)OC)c1. The Morgan fingerprint density at radius 1 is 1.20 bits per heavy atom. The van der Waals surface area contributed by atoms with Gasteiger partial charge >= 0.3 is 11.9 Å². The number of hydrogen-bond donors (Lipinski definition) is 2.